The van der Waals surface area contributed by atoms with Gasteiger partial charge in [-0.05, 0) is 53.2 Å². The molecule has 0 aliphatic carbocycles. The van der Waals surface area contributed by atoms with E-state index in [1.165, 1.54) is 45.4 Å². The Kier molecular flexibility index (Phi) is 7.44. The van der Waals surface area contributed by atoms with Crippen LogP contribution in [0.3, 0.4) is 0 Å². The summed E-state index contributed by atoms with van der Waals surface area (Å²) >= 11 is 9.46. The van der Waals surface area contributed by atoms with Crippen molar-refractivity contribution in [2.45, 2.75) is 19.6 Å². The molecule has 1 fully saturated rings. The monoisotopic (exact) mass is 540 g/mol. The number of carbonyl (C=O) groups excluding carboxylic acids is 4. The van der Waals surface area contributed by atoms with Crippen molar-refractivity contribution in [3.63, 3.8) is 0 Å². The Bertz CT molecular complexity index is 1160. The number of benzene rings is 1. The molecule has 3 rings (SSSR count). The Balaban J connectivity index is 1.87. The molecule has 33 heavy (non-hydrogen) atoms. The number of nitrogens with zero attached hydrogens (tertiary/aromatic N) is 1. The van der Waals surface area contributed by atoms with E-state index in [-0.39, 0.29) is 29.5 Å². The highest BCUT2D eigenvalue weighted by atomic mass is 79.9. The Labute approximate surface area is 201 Å². The largest absolute Gasteiger partial charge is 0.477 e. The molecule has 2 heterocycles. The van der Waals surface area contributed by atoms with E-state index in [0.717, 1.165) is 4.90 Å². The SMILES string of the molecule is COC(=O)c1ccc(CN2C(=O)N/C(=C\c3cc(Cl)cc(Br)c3O[C@@H](C)C(=O)OC)C2=O)o1. The van der Waals surface area contributed by atoms with Crippen molar-refractivity contribution < 1.29 is 37.8 Å². The highest BCUT2D eigenvalue weighted by molar-refractivity contribution is 9.10. The Morgan fingerprint density at radius 2 is 1.97 bits per heavy atom. The third kappa shape index (κ3) is 5.37. The molecule has 174 valence electrons. The van der Waals surface area contributed by atoms with Gasteiger partial charge in [0.25, 0.3) is 5.91 Å². The maximum absolute atomic E-state index is 12.9. The van der Waals surface area contributed by atoms with Crippen molar-refractivity contribution in [1.82, 2.24) is 10.2 Å². The van der Waals surface area contributed by atoms with Gasteiger partial charge in [-0.3, -0.25) is 9.69 Å². The average molecular weight is 542 g/mol. The second-order valence-corrected chi connectivity index (χ2v) is 8.02. The third-order valence-corrected chi connectivity index (χ3v) is 5.30. The second kappa shape index (κ2) is 10.1. The van der Waals surface area contributed by atoms with Crippen LogP contribution >= 0.6 is 27.5 Å². The maximum atomic E-state index is 12.9. The summed E-state index contributed by atoms with van der Waals surface area (Å²) in [6.45, 7) is 1.29. The Morgan fingerprint density at radius 3 is 2.64 bits per heavy atom. The lowest BCUT2D eigenvalue weighted by Gasteiger charge is -2.16. The fraction of sp³-hybridized carbons (Fsp3) is 0.238. The summed E-state index contributed by atoms with van der Waals surface area (Å²) in [6.07, 6.45) is 0.427. The number of hydrogen-bond donors (Lipinski definition) is 1. The van der Waals surface area contributed by atoms with Crippen LogP contribution in [0.2, 0.25) is 5.02 Å². The predicted molar refractivity (Wildman–Crippen MR) is 118 cm³/mol. The number of ether oxygens (including phenoxy) is 3. The van der Waals surface area contributed by atoms with Gasteiger partial charge in [0.1, 0.15) is 17.2 Å². The molecule has 1 saturated heterocycles. The zero-order valence-electron chi connectivity index (χ0n) is 17.6. The van der Waals surface area contributed by atoms with Crippen LogP contribution in [0.5, 0.6) is 5.75 Å². The number of urea groups is 1. The van der Waals surface area contributed by atoms with Crippen molar-refractivity contribution >= 4 is 57.5 Å². The second-order valence-electron chi connectivity index (χ2n) is 6.73. The van der Waals surface area contributed by atoms with Gasteiger partial charge in [0.05, 0.1) is 25.2 Å². The number of methoxy groups -OCH3 is 2. The highest BCUT2D eigenvalue weighted by Crippen LogP contribution is 2.35. The summed E-state index contributed by atoms with van der Waals surface area (Å²) in [5.74, 6) is -1.55. The number of rotatable bonds is 7. The molecule has 0 spiro atoms. The molecule has 3 amide bonds. The zero-order chi connectivity index (χ0) is 24.3. The minimum absolute atomic E-state index is 0.0514. The van der Waals surface area contributed by atoms with Crippen LogP contribution in [-0.4, -0.2) is 49.1 Å². The lowest BCUT2D eigenvalue weighted by Crippen LogP contribution is -2.30. The fourth-order valence-corrected chi connectivity index (χ4v) is 3.83. The molecule has 0 unspecified atom stereocenters. The van der Waals surface area contributed by atoms with Gasteiger partial charge in [0.2, 0.25) is 5.76 Å². The first-order valence-electron chi connectivity index (χ1n) is 9.39. The van der Waals surface area contributed by atoms with E-state index in [4.69, 9.17) is 20.8 Å². The van der Waals surface area contributed by atoms with Crippen molar-refractivity contribution in [3.8, 4) is 5.75 Å². The fourth-order valence-electron chi connectivity index (χ4n) is 2.90. The first-order valence-corrected chi connectivity index (χ1v) is 10.6. The molecule has 12 heteroatoms. The number of carbonyl (C=O) groups is 4. The van der Waals surface area contributed by atoms with Crippen molar-refractivity contribution in [3.05, 3.63) is 56.5 Å². The van der Waals surface area contributed by atoms with E-state index in [0.29, 0.717) is 15.1 Å². The predicted octanol–water partition coefficient (Wildman–Crippen LogP) is 3.52. The smallest absolute Gasteiger partial charge is 0.373 e. The summed E-state index contributed by atoms with van der Waals surface area (Å²) in [7, 11) is 2.44. The number of amides is 3. The standard InChI is InChI=1S/C21H18BrClN2O8/c1-10(19(27)30-2)32-17-11(6-12(23)8-14(17)22)7-15-18(26)25(21(29)24-15)9-13-4-5-16(33-13)20(28)31-3/h4-8,10H,9H2,1-3H3,(H,24,29)/b15-7-/t10-/m0/s1. The number of imide groups is 1. The zero-order valence-corrected chi connectivity index (χ0v) is 20.0. The van der Waals surface area contributed by atoms with Crippen LogP contribution < -0.4 is 10.1 Å². The number of esters is 2. The van der Waals surface area contributed by atoms with Crippen LogP contribution in [0, 0.1) is 0 Å². The van der Waals surface area contributed by atoms with Crippen LogP contribution in [0.4, 0.5) is 4.79 Å². The van der Waals surface area contributed by atoms with E-state index >= 15 is 0 Å². The summed E-state index contributed by atoms with van der Waals surface area (Å²) in [4.78, 5) is 49.5. The molecule has 1 atom stereocenters. The van der Waals surface area contributed by atoms with Crippen LogP contribution in [-0.2, 0) is 25.6 Å². The quantitative estimate of drug-likeness (QED) is 0.321. The third-order valence-electron chi connectivity index (χ3n) is 4.49. The van der Waals surface area contributed by atoms with Crippen molar-refractivity contribution in [1.29, 1.82) is 0 Å². The van der Waals surface area contributed by atoms with Gasteiger partial charge in [0, 0.05) is 10.6 Å². The number of hydrogen-bond acceptors (Lipinski definition) is 8. The van der Waals surface area contributed by atoms with E-state index in [9.17, 15) is 19.2 Å². The number of furan rings is 1. The summed E-state index contributed by atoms with van der Waals surface area (Å²) in [5.41, 5.74) is 0.283. The lowest BCUT2D eigenvalue weighted by atomic mass is 10.1. The van der Waals surface area contributed by atoms with E-state index < -0.39 is 30.0 Å². The van der Waals surface area contributed by atoms with Crippen LogP contribution in [0.15, 0.2) is 38.9 Å². The van der Waals surface area contributed by atoms with Gasteiger partial charge < -0.3 is 23.9 Å². The van der Waals surface area contributed by atoms with Crippen LogP contribution in [0.25, 0.3) is 6.08 Å². The summed E-state index contributed by atoms with van der Waals surface area (Å²) in [6, 6.07) is 5.22. The molecule has 1 aromatic heterocycles. The van der Waals surface area contributed by atoms with Gasteiger partial charge in [-0.15, -0.1) is 0 Å². The molecule has 0 bridgehead atoms. The molecule has 1 N–H and O–H groups in total. The van der Waals surface area contributed by atoms with Gasteiger partial charge in [0.15, 0.2) is 6.10 Å². The van der Waals surface area contributed by atoms with Crippen molar-refractivity contribution in [2.75, 3.05) is 14.2 Å². The van der Waals surface area contributed by atoms with Crippen molar-refractivity contribution in [2.24, 2.45) is 0 Å². The van der Waals surface area contributed by atoms with Crippen LogP contribution in [0.1, 0.15) is 28.8 Å². The molecule has 1 aliphatic rings. The topological polar surface area (TPSA) is 124 Å². The normalized spacial score (nSPS) is 15.4. The first kappa shape index (κ1) is 24.3. The molecule has 0 saturated carbocycles. The minimum atomic E-state index is -0.946. The van der Waals surface area contributed by atoms with Gasteiger partial charge in [-0.1, -0.05) is 11.6 Å². The van der Waals surface area contributed by atoms with Gasteiger partial charge in [-0.25, -0.2) is 14.4 Å². The van der Waals surface area contributed by atoms with E-state index in [2.05, 4.69) is 30.7 Å². The van der Waals surface area contributed by atoms with E-state index in [1.54, 1.807) is 6.07 Å². The number of nitrogens with one attached hydrogen (secondary N) is 1. The maximum Gasteiger partial charge on any atom is 0.373 e. The number of halogens is 2. The summed E-state index contributed by atoms with van der Waals surface area (Å²) in [5, 5.41) is 2.80. The molecule has 0 radical (unpaired) electrons. The van der Waals surface area contributed by atoms with Gasteiger partial charge in [-0.2, -0.15) is 0 Å². The Hall–Kier alpha value is -3.31. The first-order chi connectivity index (χ1) is 15.6. The molecular weight excluding hydrogens is 524 g/mol. The minimum Gasteiger partial charge on any atom is -0.477 e. The molecular formula is C21H18BrClN2O8. The molecule has 10 nitrogen and oxygen atoms in total. The Morgan fingerprint density at radius 1 is 1.24 bits per heavy atom. The highest BCUT2D eigenvalue weighted by Gasteiger charge is 2.35. The lowest BCUT2D eigenvalue weighted by molar-refractivity contribution is -0.147. The van der Waals surface area contributed by atoms with Gasteiger partial charge >= 0.3 is 18.0 Å². The average Bonchev–Trinajstić information content (AvgIpc) is 3.35. The molecule has 2 aromatic rings. The van der Waals surface area contributed by atoms with E-state index in [1.807, 2.05) is 0 Å². The molecule has 1 aromatic carbocycles. The molecule has 1 aliphatic heterocycles. The summed E-state index contributed by atoms with van der Waals surface area (Å²) < 4.78 is 20.7.